The van der Waals surface area contributed by atoms with Crippen molar-refractivity contribution in [2.45, 2.75) is 70.2 Å². The lowest BCUT2D eigenvalue weighted by atomic mass is 9.93. The molecule has 2 aromatic rings. The Labute approximate surface area is 190 Å². The van der Waals surface area contributed by atoms with Gasteiger partial charge in [-0.05, 0) is 60.9 Å². The summed E-state index contributed by atoms with van der Waals surface area (Å²) in [7, 11) is 0. The molecule has 4 nitrogen and oxygen atoms in total. The minimum absolute atomic E-state index is 0.108. The van der Waals surface area contributed by atoms with E-state index in [0.29, 0.717) is 31.1 Å². The summed E-state index contributed by atoms with van der Waals surface area (Å²) in [5.74, 6) is 0.771. The van der Waals surface area contributed by atoms with Crippen LogP contribution in [-0.4, -0.2) is 37.1 Å². The molecule has 0 spiro atoms. The van der Waals surface area contributed by atoms with Gasteiger partial charge < -0.3 is 19.3 Å². The van der Waals surface area contributed by atoms with Crippen molar-refractivity contribution in [3.05, 3.63) is 63.7 Å². The SMILES string of the molecule is CCc1ccc(Cc2cc3c(cc2Cl)OCCCCCOCC2CC(O)CC3O2)cc1. The number of ether oxygens (including phenoxy) is 3. The minimum Gasteiger partial charge on any atom is -0.493 e. The van der Waals surface area contributed by atoms with Crippen LogP contribution in [0.4, 0.5) is 0 Å². The number of fused-ring (bicyclic) bond motifs is 4. The van der Waals surface area contributed by atoms with E-state index in [1.165, 1.54) is 11.1 Å². The second kappa shape index (κ2) is 10.8. The molecule has 5 heteroatoms. The summed E-state index contributed by atoms with van der Waals surface area (Å²) in [5, 5.41) is 11.2. The minimum atomic E-state index is -0.411. The maximum Gasteiger partial charge on any atom is 0.126 e. The normalized spacial score (nSPS) is 24.8. The van der Waals surface area contributed by atoms with E-state index < -0.39 is 6.10 Å². The molecular formula is C26H33ClO4. The van der Waals surface area contributed by atoms with Crippen molar-refractivity contribution in [2.75, 3.05) is 19.8 Å². The van der Waals surface area contributed by atoms with Crippen LogP contribution in [0.25, 0.3) is 0 Å². The van der Waals surface area contributed by atoms with E-state index in [1.54, 1.807) is 0 Å². The van der Waals surface area contributed by atoms with Gasteiger partial charge in [0.25, 0.3) is 0 Å². The third kappa shape index (κ3) is 6.01. The Bertz CT molecular complexity index is 851. The number of aliphatic hydroxyl groups excluding tert-OH is 1. The van der Waals surface area contributed by atoms with Gasteiger partial charge in [-0.15, -0.1) is 0 Å². The number of hydrogen-bond donors (Lipinski definition) is 1. The lowest BCUT2D eigenvalue weighted by molar-refractivity contribution is -0.123. The lowest BCUT2D eigenvalue weighted by Gasteiger charge is -2.34. The van der Waals surface area contributed by atoms with Crippen molar-refractivity contribution in [3.8, 4) is 5.75 Å². The average Bonchev–Trinajstić information content (AvgIpc) is 2.77. The first-order chi connectivity index (χ1) is 15.1. The van der Waals surface area contributed by atoms with Gasteiger partial charge in [-0.3, -0.25) is 0 Å². The van der Waals surface area contributed by atoms with Gasteiger partial charge in [-0.2, -0.15) is 0 Å². The summed E-state index contributed by atoms with van der Waals surface area (Å²) in [6.45, 7) is 4.04. The Morgan fingerprint density at radius 2 is 1.77 bits per heavy atom. The van der Waals surface area contributed by atoms with Gasteiger partial charge in [0.1, 0.15) is 5.75 Å². The molecular weight excluding hydrogens is 412 g/mol. The van der Waals surface area contributed by atoms with Crippen LogP contribution >= 0.6 is 11.6 Å². The first-order valence-corrected chi connectivity index (χ1v) is 11.9. The van der Waals surface area contributed by atoms with Crippen LogP contribution in [0.1, 0.15) is 67.4 Å². The van der Waals surface area contributed by atoms with Crippen LogP contribution in [0.15, 0.2) is 36.4 Å². The fourth-order valence-electron chi connectivity index (χ4n) is 4.42. The van der Waals surface area contributed by atoms with Crippen molar-refractivity contribution in [1.82, 2.24) is 0 Å². The molecule has 2 aliphatic heterocycles. The van der Waals surface area contributed by atoms with Gasteiger partial charge in [0.15, 0.2) is 0 Å². The summed E-state index contributed by atoms with van der Waals surface area (Å²) in [4.78, 5) is 0. The summed E-state index contributed by atoms with van der Waals surface area (Å²) < 4.78 is 18.3. The largest absolute Gasteiger partial charge is 0.493 e. The maximum absolute atomic E-state index is 10.5. The van der Waals surface area contributed by atoms with E-state index in [9.17, 15) is 5.11 Å². The number of halogens is 1. The summed E-state index contributed by atoms with van der Waals surface area (Å²) >= 11 is 6.69. The molecule has 168 valence electrons. The molecule has 0 saturated carbocycles. The molecule has 0 amide bonds. The molecule has 1 N–H and O–H groups in total. The Kier molecular flexibility index (Phi) is 7.89. The highest BCUT2D eigenvalue weighted by Crippen LogP contribution is 2.40. The van der Waals surface area contributed by atoms with Crippen LogP contribution < -0.4 is 4.74 Å². The van der Waals surface area contributed by atoms with Crippen molar-refractivity contribution in [1.29, 1.82) is 0 Å². The topological polar surface area (TPSA) is 47.9 Å². The highest BCUT2D eigenvalue weighted by Gasteiger charge is 2.32. The van der Waals surface area contributed by atoms with Crippen molar-refractivity contribution in [3.63, 3.8) is 0 Å². The van der Waals surface area contributed by atoms with Gasteiger partial charge in [0, 0.05) is 30.0 Å². The summed E-state index contributed by atoms with van der Waals surface area (Å²) in [6, 6.07) is 12.7. The van der Waals surface area contributed by atoms with Crippen LogP contribution in [-0.2, 0) is 22.3 Å². The van der Waals surface area contributed by atoms with Gasteiger partial charge in [-0.1, -0.05) is 42.8 Å². The number of aliphatic hydroxyl groups is 1. The van der Waals surface area contributed by atoms with E-state index in [0.717, 1.165) is 55.6 Å². The number of hydrogen-bond acceptors (Lipinski definition) is 4. The lowest BCUT2D eigenvalue weighted by Crippen LogP contribution is -2.34. The highest BCUT2D eigenvalue weighted by atomic mass is 35.5. The van der Waals surface area contributed by atoms with Crippen LogP contribution in [0.5, 0.6) is 5.75 Å². The molecule has 2 heterocycles. The van der Waals surface area contributed by atoms with E-state index in [4.69, 9.17) is 25.8 Å². The third-order valence-electron chi connectivity index (χ3n) is 6.22. The molecule has 2 aromatic carbocycles. The second-order valence-electron chi connectivity index (χ2n) is 8.68. The van der Waals surface area contributed by atoms with E-state index in [-0.39, 0.29) is 12.2 Å². The monoisotopic (exact) mass is 444 g/mol. The predicted octanol–water partition coefficient (Wildman–Crippen LogP) is 5.65. The van der Waals surface area contributed by atoms with Crippen molar-refractivity contribution >= 4 is 11.6 Å². The van der Waals surface area contributed by atoms with Crippen molar-refractivity contribution in [2.24, 2.45) is 0 Å². The first kappa shape index (κ1) is 22.6. The Balaban J connectivity index is 1.64. The zero-order chi connectivity index (χ0) is 21.6. The highest BCUT2D eigenvalue weighted by molar-refractivity contribution is 6.31. The van der Waals surface area contributed by atoms with Gasteiger partial charge in [0.05, 0.1) is 31.5 Å². The Hall–Kier alpha value is -1.59. The van der Waals surface area contributed by atoms with Gasteiger partial charge in [0.2, 0.25) is 0 Å². The van der Waals surface area contributed by atoms with Crippen LogP contribution in [0.3, 0.4) is 0 Å². The smallest absolute Gasteiger partial charge is 0.126 e. The molecule has 2 bridgehead atoms. The maximum atomic E-state index is 10.5. The zero-order valence-corrected chi connectivity index (χ0v) is 19.1. The van der Waals surface area contributed by atoms with Gasteiger partial charge in [-0.25, -0.2) is 0 Å². The summed E-state index contributed by atoms with van der Waals surface area (Å²) in [6.07, 6.45) is 5.24. The third-order valence-corrected chi connectivity index (χ3v) is 6.58. The van der Waals surface area contributed by atoms with Gasteiger partial charge >= 0.3 is 0 Å². The molecule has 0 aliphatic carbocycles. The standard InChI is InChI=1S/C26H33ClO4/c1-2-18-6-8-19(9-7-18)12-20-13-23-25(16-24(20)27)30-11-5-3-4-10-29-17-22-14-21(28)15-26(23)31-22/h6-9,13,16,21-22,26,28H,2-5,10-12,14-15,17H2,1H3. The number of rotatable bonds is 3. The quantitative estimate of drug-likeness (QED) is 0.664. The molecule has 3 atom stereocenters. The van der Waals surface area contributed by atoms with Crippen LogP contribution in [0, 0.1) is 0 Å². The number of aryl methyl sites for hydroxylation is 1. The molecule has 4 rings (SSSR count). The first-order valence-electron chi connectivity index (χ1n) is 11.6. The van der Waals surface area contributed by atoms with E-state index in [2.05, 4.69) is 37.3 Å². The average molecular weight is 445 g/mol. The summed E-state index contributed by atoms with van der Waals surface area (Å²) in [5.41, 5.74) is 4.58. The van der Waals surface area contributed by atoms with E-state index in [1.807, 2.05) is 6.07 Å². The molecule has 0 radical (unpaired) electrons. The van der Waals surface area contributed by atoms with Crippen molar-refractivity contribution < 1.29 is 19.3 Å². The molecule has 1 fully saturated rings. The van der Waals surface area contributed by atoms with E-state index >= 15 is 0 Å². The van der Waals surface area contributed by atoms with Crippen LogP contribution in [0.2, 0.25) is 5.02 Å². The zero-order valence-electron chi connectivity index (χ0n) is 18.3. The molecule has 1 saturated heterocycles. The predicted molar refractivity (Wildman–Crippen MR) is 123 cm³/mol. The molecule has 0 aromatic heterocycles. The fourth-order valence-corrected chi connectivity index (χ4v) is 4.64. The molecule has 2 aliphatic rings. The Morgan fingerprint density at radius 3 is 2.58 bits per heavy atom. The fraction of sp³-hybridized carbons (Fsp3) is 0.538. The molecule has 3 unspecified atom stereocenters. The molecule has 31 heavy (non-hydrogen) atoms. The Morgan fingerprint density at radius 1 is 1.00 bits per heavy atom. The number of benzene rings is 2. The second-order valence-corrected chi connectivity index (χ2v) is 9.09.